The lowest BCUT2D eigenvalue weighted by Crippen LogP contribution is -2.41. The van der Waals surface area contributed by atoms with Gasteiger partial charge in [-0.15, -0.1) is 0 Å². The summed E-state index contributed by atoms with van der Waals surface area (Å²) in [6.07, 6.45) is 1.12. The second-order valence-electron chi connectivity index (χ2n) is 4.75. The number of amides is 1. The second-order valence-corrected chi connectivity index (χ2v) is 5.11. The van der Waals surface area contributed by atoms with E-state index >= 15 is 0 Å². The predicted molar refractivity (Wildman–Crippen MR) is 75.9 cm³/mol. The molecule has 0 aliphatic carbocycles. The number of likely N-dealkylation sites (tertiary alicyclic amines) is 1. The second kappa shape index (κ2) is 6.84. The normalized spacial score (nSPS) is 22.0. The first-order valence-corrected chi connectivity index (χ1v) is 6.79. The molecule has 1 fully saturated rings. The molecule has 2 heterocycles. The molecule has 1 aromatic rings. The molecule has 2 atom stereocenters. The topological polar surface area (TPSA) is 91.8 Å². The summed E-state index contributed by atoms with van der Waals surface area (Å²) in [5.74, 6) is -0.799. The highest BCUT2D eigenvalue weighted by Gasteiger charge is 2.37. The van der Waals surface area contributed by atoms with E-state index in [0.29, 0.717) is 5.69 Å². The minimum absolute atomic E-state index is 0.0396. The number of β-amino-alcohol motifs (C(OH)–C–C–N with tert-alkyl or cyclic N) is 1. The summed E-state index contributed by atoms with van der Waals surface area (Å²) in [4.78, 5) is 29.1. The number of halogens is 1. The summed E-state index contributed by atoms with van der Waals surface area (Å²) >= 11 is 5.86. The van der Waals surface area contributed by atoms with Gasteiger partial charge in [-0.2, -0.15) is 0 Å². The van der Waals surface area contributed by atoms with Gasteiger partial charge in [0.25, 0.3) is 0 Å². The fourth-order valence-corrected chi connectivity index (χ4v) is 2.46. The Morgan fingerprint density at radius 3 is 3.05 bits per heavy atom. The summed E-state index contributed by atoms with van der Waals surface area (Å²) in [6.45, 7) is 0.204. The zero-order valence-corrected chi connectivity index (χ0v) is 12.2. The lowest BCUT2D eigenvalue weighted by Gasteiger charge is -2.21. The molecule has 0 aromatic carbocycles. The molecule has 1 aliphatic heterocycles. The number of esters is 1. The van der Waals surface area contributed by atoms with Gasteiger partial charge < -0.3 is 15.2 Å². The maximum Gasteiger partial charge on any atom is 0.323 e. The number of anilines is 1. The van der Waals surface area contributed by atoms with Crippen LogP contribution in [0.15, 0.2) is 18.3 Å². The Kier molecular flexibility index (Phi) is 5.11. The monoisotopic (exact) mass is 313 g/mol. The number of aromatic nitrogens is 1. The molecule has 2 N–H and O–H groups in total. The van der Waals surface area contributed by atoms with Crippen molar-refractivity contribution in [3.8, 4) is 0 Å². The fraction of sp³-hybridized carbons (Fsp3) is 0.462. The van der Waals surface area contributed by atoms with Crippen LogP contribution in [-0.2, 0) is 14.3 Å². The van der Waals surface area contributed by atoms with E-state index in [9.17, 15) is 14.7 Å². The fourth-order valence-electron chi connectivity index (χ4n) is 2.29. The first-order valence-electron chi connectivity index (χ1n) is 6.41. The molecule has 0 radical (unpaired) electrons. The summed E-state index contributed by atoms with van der Waals surface area (Å²) < 4.78 is 4.68. The van der Waals surface area contributed by atoms with Crippen molar-refractivity contribution in [3.05, 3.63) is 23.5 Å². The minimum Gasteiger partial charge on any atom is -0.468 e. The number of nitrogens with zero attached hydrogens (tertiary/aromatic N) is 2. The number of nitrogens with one attached hydrogen (secondary N) is 1. The van der Waals surface area contributed by atoms with E-state index in [2.05, 4.69) is 15.0 Å². The Morgan fingerprint density at radius 1 is 1.62 bits per heavy atom. The number of hydrogen-bond acceptors (Lipinski definition) is 6. The van der Waals surface area contributed by atoms with Gasteiger partial charge in [-0.05, 0) is 12.1 Å². The molecule has 1 saturated heterocycles. The predicted octanol–water partition coefficient (Wildman–Crippen LogP) is 0.282. The third-order valence-corrected chi connectivity index (χ3v) is 3.54. The molecule has 8 heteroatoms. The third kappa shape index (κ3) is 3.90. The van der Waals surface area contributed by atoms with Gasteiger partial charge >= 0.3 is 5.97 Å². The van der Waals surface area contributed by atoms with Crippen LogP contribution >= 0.6 is 11.6 Å². The minimum atomic E-state index is -0.649. The van der Waals surface area contributed by atoms with E-state index in [-0.39, 0.29) is 30.6 Å². The lowest BCUT2D eigenvalue weighted by molar-refractivity contribution is -0.146. The summed E-state index contributed by atoms with van der Waals surface area (Å²) in [5.41, 5.74) is 0.401. The molecule has 21 heavy (non-hydrogen) atoms. The van der Waals surface area contributed by atoms with Gasteiger partial charge in [0.1, 0.15) is 6.04 Å². The number of aliphatic hydroxyl groups is 1. The molecule has 1 aliphatic rings. The van der Waals surface area contributed by atoms with Crippen molar-refractivity contribution >= 4 is 29.2 Å². The van der Waals surface area contributed by atoms with E-state index in [1.54, 1.807) is 17.0 Å². The van der Waals surface area contributed by atoms with Crippen molar-refractivity contribution in [3.63, 3.8) is 0 Å². The van der Waals surface area contributed by atoms with Crippen molar-refractivity contribution in [1.29, 1.82) is 0 Å². The van der Waals surface area contributed by atoms with Crippen molar-refractivity contribution in [2.24, 2.45) is 0 Å². The summed E-state index contributed by atoms with van der Waals surface area (Å²) in [5, 5.41) is 12.5. The van der Waals surface area contributed by atoms with Crippen LogP contribution in [-0.4, -0.2) is 59.2 Å². The number of rotatable bonds is 4. The number of hydrogen-bond donors (Lipinski definition) is 2. The Bertz CT molecular complexity index is 540. The smallest absolute Gasteiger partial charge is 0.323 e. The summed E-state index contributed by atoms with van der Waals surface area (Å²) in [6, 6.07) is 2.67. The quantitative estimate of drug-likeness (QED) is 0.613. The van der Waals surface area contributed by atoms with Crippen molar-refractivity contribution in [2.75, 3.05) is 25.5 Å². The van der Waals surface area contributed by atoms with Gasteiger partial charge in [0.2, 0.25) is 5.91 Å². The van der Waals surface area contributed by atoms with E-state index in [4.69, 9.17) is 11.6 Å². The summed E-state index contributed by atoms with van der Waals surface area (Å²) in [7, 11) is 1.28. The average Bonchev–Trinajstić information content (AvgIpc) is 2.81. The Balaban J connectivity index is 1.98. The zero-order chi connectivity index (χ0) is 15.4. The molecule has 2 rings (SSSR count). The Labute approximate surface area is 126 Å². The Morgan fingerprint density at radius 2 is 2.38 bits per heavy atom. The highest BCUT2D eigenvalue weighted by Crippen LogP contribution is 2.20. The SMILES string of the molecule is COC(=O)C1CC(O)CN1CC(=O)Nc1cccnc1Cl. The number of aliphatic hydroxyl groups excluding tert-OH is 1. The number of ether oxygens (including phenoxy) is 1. The van der Waals surface area contributed by atoms with Crippen LogP contribution in [0.4, 0.5) is 5.69 Å². The molecule has 7 nitrogen and oxygen atoms in total. The van der Waals surface area contributed by atoms with Crippen molar-refractivity contribution in [2.45, 2.75) is 18.6 Å². The highest BCUT2D eigenvalue weighted by molar-refractivity contribution is 6.32. The standard InChI is InChI=1S/C13H16ClN3O4/c1-21-13(20)10-5-8(18)6-17(10)7-11(19)16-9-3-2-4-15-12(9)14/h2-4,8,10,18H,5-7H2,1H3,(H,16,19). The molecule has 114 valence electrons. The molecular formula is C13H16ClN3O4. The largest absolute Gasteiger partial charge is 0.468 e. The molecule has 1 amide bonds. The molecule has 0 bridgehead atoms. The molecule has 2 unspecified atom stereocenters. The van der Waals surface area contributed by atoms with Gasteiger partial charge in [-0.1, -0.05) is 11.6 Å². The molecule has 0 spiro atoms. The number of pyridine rings is 1. The van der Waals surface area contributed by atoms with E-state index in [1.807, 2.05) is 0 Å². The average molecular weight is 314 g/mol. The Hall–Kier alpha value is -1.70. The van der Waals surface area contributed by atoms with Crippen LogP contribution in [0.5, 0.6) is 0 Å². The number of carbonyl (C=O) groups excluding carboxylic acids is 2. The van der Waals surface area contributed by atoms with E-state index in [0.717, 1.165) is 0 Å². The van der Waals surface area contributed by atoms with Crippen molar-refractivity contribution in [1.82, 2.24) is 9.88 Å². The van der Waals surface area contributed by atoms with Gasteiger partial charge in [0, 0.05) is 19.2 Å². The van der Waals surface area contributed by atoms with Crippen LogP contribution in [0.3, 0.4) is 0 Å². The third-order valence-electron chi connectivity index (χ3n) is 3.23. The van der Waals surface area contributed by atoms with Crippen LogP contribution in [0, 0.1) is 0 Å². The highest BCUT2D eigenvalue weighted by atomic mass is 35.5. The maximum absolute atomic E-state index is 12.0. The lowest BCUT2D eigenvalue weighted by atomic mass is 10.2. The van der Waals surface area contributed by atoms with Gasteiger partial charge in [0.15, 0.2) is 5.15 Å². The van der Waals surface area contributed by atoms with E-state index < -0.39 is 18.1 Å². The van der Waals surface area contributed by atoms with Gasteiger partial charge in [-0.3, -0.25) is 14.5 Å². The first kappa shape index (κ1) is 15.7. The molecular weight excluding hydrogens is 298 g/mol. The van der Waals surface area contributed by atoms with Crippen LogP contribution in [0.2, 0.25) is 5.15 Å². The van der Waals surface area contributed by atoms with Crippen LogP contribution in [0.25, 0.3) is 0 Å². The molecule has 1 aromatic heterocycles. The number of methoxy groups -OCH3 is 1. The van der Waals surface area contributed by atoms with Gasteiger partial charge in [-0.25, -0.2) is 4.98 Å². The van der Waals surface area contributed by atoms with Crippen LogP contribution < -0.4 is 5.32 Å². The maximum atomic E-state index is 12.0. The number of carbonyl (C=O) groups is 2. The first-order chi connectivity index (χ1) is 10.0. The molecule has 0 saturated carbocycles. The van der Waals surface area contributed by atoms with Crippen LogP contribution in [0.1, 0.15) is 6.42 Å². The zero-order valence-electron chi connectivity index (χ0n) is 11.5. The van der Waals surface area contributed by atoms with Crippen molar-refractivity contribution < 1.29 is 19.4 Å². The van der Waals surface area contributed by atoms with Gasteiger partial charge in [0.05, 0.1) is 25.4 Å². The van der Waals surface area contributed by atoms with E-state index in [1.165, 1.54) is 13.3 Å².